The Morgan fingerprint density at radius 2 is 2.05 bits per heavy atom. The second-order valence-corrected chi connectivity index (χ2v) is 4.46. The van der Waals surface area contributed by atoms with Gasteiger partial charge in [-0.1, -0.05) is 13.0 Å². The van der Waals surface area contributed by atoms with E-state index < -0.39 is 0 Å². The van der Waals surface area contributed by atoms with Crippen LogP contribution in [0.2, 0.25) is 0 Å². The molecular formula is C15H19N3O. The summed E-state index contributed by atoms with van der Waals surface area (Å²) in [4.78, 5) is 7.98. The monoisotopic (exact) mass is 257 g/mol. The summed E-state index contributed by atoms with van der Waals surface area (Å²) in [5, 5.41) is 3.33. The van der Waals surface area contributed by atoms with Crippen LogP contribution in [0.25, 0.3) is 0 Å². The predicted molar refractivity (Wildman–Crippen MR) is 76.2 cm³/mol. The van der Waals surface area contributed by atoms with E-state index in [1.807, 2.05) is 24.3 Å². The van der Waals surface area contributed by atoms with Gasteiger partial charge in [-0.05, 0) is 25.5 Å². The Kier molecular flexibility index (Phi) is 4.72. The van der Waals surface area contributed by atoms with Gasteiger partial charge in [0.15, 0.2) is 0 Å². The van der Waals surface area contributed by atoms with Crippen molar-refractivity contribution in [3.8, 4) is 5.75 Å². The van der Waals surface area contributed by atoms with Crippen molar-refractivity contribution in [1.29, 1.82) is 0 Å². The predicted octanol–water partition coefficient (Wildman–Crippen LogP) is 3.27. The maximum absolute atomic E-state index is 5.79. The highest BCUT2D eigenvalue weighted by atomic mass is 16.5. The van der Waals surface area contributed by atoms with E-state index in [1.54, 1.807) is 12.4 Å². The van der Waals surface area contributed by atoms with Crippen LogP contribution in [-0.4, -0.2) is 16.1 Å². The van der Waals surface area contributed by atoms with Crippen LogP contribution in [-0.2, 0) is 6.54 Å². The van der Waals surface area contributed by atoms with E-state index in [-0.39, 0.29) is 6.10 Å². The average Bonchev–Trinajstić information content (AvgIpc) is 2.46. The molecule has 0 radical (unpaired) electrons. The van der Waals surface area contributed by atoms with Gasteiger partial charge in [0.2, 0.25) is 0 Å². The summed E-state index contributed by atoms with van der Waals surface area (Å²) < 4.78 is 5.79. The standard InChI is InChI=1S/C15H19N3O/c1-3-12(2)19-15-6-4-5-14(7-15)18-10-13-8-16-11-17-9-13/h4-9,11-12,18H,3,10H2,1-2H3. The molecule has 4 heteroatoms. The molecule has 1 heterocycles. The Morgan fingerprint density at radius 1 is 1.26 bits per heavy atom. The molecule has 0 amide bonds. The van der Waals surface area contributed by atoms with Crippen molar-refractivity contribution in [2.75, 3.05) is 5.32 Å². The van der Waals surface area contributed by atoms with Crippen LogP contribution in [0.5, 0.6) is 5.75 Å². The number of nitrogens with one attached hydrogen (secondary N) is 1. The summed E-state index contributed by atoms with van der Waals surface area (Å²) >= 11 is 0. The van der Waals surface area contributed by atoms with Crippen LogP contribution in [0, 0.1) is 0 Å². The number of benzene rings is 1. The molecule has 1 aromatic carbocycles. The summed E-state index contributed by atoms with van der Waals surface area (Å²) in [5.74, 6) is 0.892. The van der Waals surface area contributed by atoms with Crippen molar-refractivity contribution in [3.05, 3.63) is 48.5 Å². The molecule has 4 nitrogen and oxygen atoms in total. The van der Waals surface area contributed by atoms with E-state index in [0.717, 1.165) is 23.4 Å². The molecule has 0 fully saturated rings. The van der Waals surface area contributed by atoms with Gasteiger partial charge in [-0.15, -0.1) is 0 Å². The van der Waals surface area contributed by atoms with E-state index >= 15 is 0 Å². The number of hydrogen-bond acceptors (Lipinski definition) is 4. The molecule has 2 aromatic rings. The van der Waals surface area contributed by atoms with Crippen molar-refractivity contribution >= 4 is 5.69 Å². The van der Waals surface area contributed by atoms with Crippen LogP contribution in [0.15, 0.2) is 43.0 Å². The molecule has 100 valence electrons. The molecule has 0 saturated carbocycles. The fourth-order valence-corrected chi connectivity index (χ4v) is 1.62. The molecule has 0 saturated heterocycles. The summed E-state index contributed by atoms with van der Waals surface area (Å²) in [7, 11) is 0. The summed E-state index contributed by atoms with van der Waals surface area (Å²) in [6.45, 7) is 4.89. The molecule has 0 spiro atoms. The van der Waals surface area contributed by atoms with Gasteiger partial charge in [-0.25, -0.2) is 9.97 Å². The van der Waals surface area contributed by atoms with E-state index in [9.17, 15) is 0 Å². The third kappa shape index (κ3) is 4.25. The first-order valence-electron chi connectivity index (χ1n) is 6.52. The van der Waals surface area contributed by atoms with E-state index in [4.69, 9.17) is 4.74 Å². The van der Waals surface area contributed by atoms with Gasteiger partial charge in [0.1, 0.15) is 12.1 Å². The third-order valence-electron chi connectivity index (χ3n) is 2.86. The number of rotatable bonds is 6. The second-order valence-electron chi connectivity index (χ2n) is 4.46. The third-order valence-corrected chi connectivity index (χ3v) is 2.86. The quantitative estimate of drug-likeness (QED) is 0.862. The van der Waals surface area contributed by atoms with Crippen molar-refractivity contribution in [2.45, 2.75) is 32.9 Å². The Balaban J connectivity index is 1.95. The summed E-state index contributed by atoms with van der Waals surface area (Å²) in [5.41, 5.74) is 2.08. The number of aromatic nitrogens is 2. The van der Waals surface area contributed by atoms with Gasteiger partial charge in [-0.3, -0.25) is 0 Å². The first-order valence-corrected chi connectivity index (χ1v) is 6.52. The van der Waals surface area contributed by atoms with Gasteiger partial charge in [0, 0.05) is 36.3 Å². The van der Waals surface area contributed by atoms with Crippen LogP contribution in [0.4, 0.5) is 5.69 Å². The Morgan fingerprint density at radius 3 is 2.79 bits per heavy atom. The van der Waals surface area contributed by atoms with Gasteiger partial charge in [0.05, 0.1) is 6.10 Å². The summed E-state index contributed by atoms with van der Waals surface area (Å²) in [6.07, 6.45) is 6.38. The molecule has 0 bridgehead atoms. The average molecular weight is 257 g/mol. The van der Waals surface area contributed by atoms with Gasteiger partial charge >= 0.3 is 0 Å². The lowest BCUT2D eigenvalue weighted by molar-refractivity contribution is 0.217. The first-order chi connectivity index (χ1) is 9.28. The molecule has 0 aliphatic heterocycles. The highest BCUT2D eigenvalue weighted by Crippen LogP contribution is 2.19. The number of anilines is 1. The number of ether oxygens (including phenoxy) is 1. The fourth-order valence-electron chi connectivity index (χ4n) is 1.62. The van der Waals surface area contributed by atoms with Crippen LogP contribution in [0.1, 0.15) is 25.8 Å². The molecule has 1 N–H and O–H groups in total. The number of hydrogen-bond donors (Lipinski definition) is 1. The van der Waals surface area contributed by atoms with Gasteiger partial charge in [0.25, 0.3) is 0 Å². The molecule has 1 aromatic heterocycles. The Labute approximate surface area is 113 Å². The largest absolute Gasteiger partial charge is 0.491 e. The second kappa shape index (κ2) is 6.73. The lowest BCUT2D eigenvalue weighted by atomic mass is 10.2. The Bertz CT molecular complexity index is 502. The van der Waals surface area contributed by atoms with Crippen LogP contribution >= 0.6 is 0 Å². The minimum absolute atomic E-state index is 0.234. The lowest BCUT2D eigenvalue weighted by Crippen LogP contribution is -2.09. The zero-order chi connectivity index (χ0) is 13.5. The molecule has 0 aliphatic rings. The van der Waals surface area contributed by atoms with E-state index in [0.29, 0.717) is 6.54 Å². The molecular weight excluding hydrogens is 238 g/mol. The zero-order valence-corrected chi connectivity index (χ0v) is 11.3. The first kappa shape index (κ1) is 13.3. The highest BCUT2D eigenvalue weighted by Gasteiger charge is 2.02. The van der Waals surface area contributed by atoms with Crippen molar-refractivity contribution in [3.63, 3.8) is 0 Å². The highest BCUT2D eigenvalue weighted by molar-refractivity contribution is 5.48. The van der Waals surface area contributed by atoms with E-state index in [2.05, 4.69) is 29.1 Å². The summed E-state index contributed by atoms with van der Waals surface area (Å²) in [6, 6.07) is 7.99. The maximum atomic E-state index is 5.79. The molecule has 19 heavy (non-hydrogen) atoms. The maximum Gasteiger partial charge on any atom is 0.121 e. The molecule has 1 unspecified atom stereocenters. The van der Waals surface area contributed by atoms with Crippen LogP contribution < -0.4 is 10.1 Å². The molecule has 2 rings (SSSR count). The lowest BCUT2D eigenvalue weighted by Gasteiger charge is -2.14. The van der Waals surface area contributed by atoms with Crippen molar-refractivity contribution in [2.24, 2.45) is 0 Å². The van der Waals surface area contributed by atoms with E-state index in [1.165, 1.54) is 6.33 Å². The minimum atomic E-state index is 0.234. The SMILES string of the molecule is CCC(C)Oc1cccc(NCc2cncnc2)c1. The molecule has 1 atom stereocenters. The van der Waals surface area contributed by atoms with Crippen molar-refractivity contribution < 1.29 is 4.74 Å². The van der Waals surface area contributed by atoms with Gasteiger partial charge in [-0.2, -0.15) is 0 Å². The van der Waals surface area contributed by atoms with Crippen molar-refractivity contribution in [1.82, 2.24) is 9.97 Å². The number of nitrogens with zero attached hydrogens (tertiary/aromatic N) is 2. The van der Waals surface area contributed by atoms with Crippen LogP contribution in [0.3, 0.4) is 0 Å². The molecule has 0 aliphatic carbocycles. The topological polar surface area (TPSA) is 47.0 Å². The Hall–Kier alpha value is -2.10. The minimum Gasteiger partial charge on any atom is -0.491 e. The zero-order valence-electron chi connectivity index (χ0n) is 11.3. The smallest absolute Gasteiger partial charge is 0.121 e. The fraction of sp³-hybridized carbons (Fsp3) is 0.333. The normalized spacial score (nSPS) is 11.9. The van der Waals surface area contributed by atoms with Gasteiger partial charge < -0.3 is 10.1 Å².